The summed E-state index contributed by atoms with van der Waals surface area (Å²) in [5.74, 6) is -3.86. The summed E-state index contributed by atoms with van der Waals surface area (Å²) in [5.41, 5.74) is 2.37. The Morgan fingerprint density at radius 3 is 1.60 bits per heavy atom. The third-order valence-corrected chi connectivity index (χ3v) is 19.9. The summed E-state index contributed by atoms with van der Waals surface area (Å²) < 4.78 is 39.3. The summed E-state index contributed by atoms with van der Waals surface area (Å²) in [6.45, 7) is 7.68. The highest BCUT2D eigenvalue weighted by Gasteiger charge is 2.49. The fraction of sp³-hybridized carbons (Fsp3) is 0.483. The van der Waals surface area contributed by atoms with Crippen LogP contribution in [0.25, 0.3) is 0 Å². The lowest BCUT2D eigenvalue weighted by Crippen LogP contribution is -2.53. The largest absolute Gasteiger partial charge is 0.481 e. The van der Waals surface area contributed by atoms with Crippen molar-refractivity contribution < 1.29 is 57.2 Å². The zero-order valence-corrected chi connectivity index (χ0v) is 53.4. The van der Waals surface area contributed by atoms with Gasteiger partial charge < -0.3 is 57.3 Å². The number of fused-ring (bicyclic) bond motifs is 2. The van der Waals surface area contributed by atoms with Gasteiger partial charge in [-0.3, -0.25) is 24.5 Å². The van der Waals surface area contributed by atoms with Crippen molar-refractivity contribution in [3.8, 4) is 0 Å². The number of carbonyl (C=O) groups is 6. The average molecular weight is 1360 g/mol. The molecular formula is C60H69BrCl2F2N11O10S2-. The van der Waals surface area contributed by atoms with Gasteiger partial charge in [-0.25, -0.2) is 37.9 Å². The molecule has 88 heavy (non-hydrogen) atoms. The van der Waals surface area contributed by atoms with Gasteiger partial charge >= 0.3 is 35.9 Å². The molecule has 6 fully saturated rings. The number of hydrogen-bond acceptors (Lipinski definition) is 17. The van der Waals surface area contributed by atoms with E-state index in [1.165, 1.54) is 53.4 Å². The molecule has 8 heterocycles. The standard InChI is InChI=1S/C29H32ClFN6O5S.C17H14BrClFN3O2S.C13H20N2O3.CH3/c1-2-42-28(40)22-20(33-25(26-32-9-12-43-26)34-24(22)18-6-3-7-19(31)23(18)30)15-35-10-11-36-16(13-35)14-37(29(36)41)21-8-4-5-17(21)27(38)39;1-2-25-17(24)12-11(8-18)22-15(16-21-6-7-26-16)23-14(12)9-4-3-5-10(20)13(9)19;16-12(17)10-5-3-6-11(10)15-8-9-4-1-2-7-14(9)13(15)18;/h3,6-7,9,12,16-17,21,24H,2,4-5,8,10-11,13-15H2,1H3,(H,33,34)(H,38,39);3-7,14H,2,8H2,1H3,(H,22,23);9-11H,1-8H2,(H,16,17);1H3/q;;;-1/t16-,17-,21+,24-;14-;9-,10-,11+;/m000./s1. The Hall–Kier alpha value is -6.58. The number of carboxylic acids is 2. The Balaban J connectivity index is 0.000000173. The highest BCUT2D eigenvalue weighted by molar-refractivity contribution is 9.09. The maximum absolute atomic E-state index is 14.6. The number of esters is 2. The molecule has 0 spiro atoms. The van der Waals surface area contributed by atoms with E-state index in [4.69, 9.17) is 37.7 Å². The topological polar surface area (TPSA) is 252 Å². The highest BCUT2D eigenvalue weighted by atomic mass is 79.9. The Morgan fingerprint density at radius 2 is 1.14 bits per heavy atom. The van der Waals surface area contributed by atoms with Crippen molar-refractivity contribution in [2.45, 2.75) is 108 Å². The normalized spacial score (nSPS) is 25.0. The molecule has 472 valence electrons. The van der Waals surface area contributed by atoms with Crippen LogP contribution < -0.4 is 10.6 Å². The number of aromatic nitrogens is 2. The number of piperazine rings is 1. The quantitative estimate of drug-likeness (QED) is 0.0491. The van der Waals surface area contributed by atoms with Gasteiger partial charge in [0.1, 0.15) is 23.7 Å². The number of alkyl halides is 1. The predicted molar refractivity (Wildman–Crippen MR) is 332 cm³/mol. The van der Waals surface area contributed by atoms with E-state index in [2.05, 4.69) is 46.4 Å². The number of allylic oxidation sites excluding steroid dienone is 1. The zero-order chi connectivity index (χ0) is 61.6. The van der Waals surface area contributed by atoms with Crippen LogP contribution in [0.4, 0.5) is 18.4 Å². The molecule has 0 unspecified atom stereocenters. The fourth-order valence-corrected chi connectivity index (χ4v) is 15.0. The van der Waals surface area contributed by atoms with Gasteiger partial charge in [-0.15, -0.1) is 22.7 Å². The number of nitrogens with one attached hydrogen (secondary N) is 2. The number of nitrogens with zero attached hydrogens (tertiary/aromatic N) is 9. The maximum Gasteiger partial charge on any atom is 0.338 e. The van der Waals surface area contributed by atoms with Crippen LogP contribution in [0.5, 0.6) is 0 Å². The molecule has 2 aromatic carbocycles. The number of aliphatic imine (C=N–C) groups is 2. The monoisotopic (exact) mass is 1350 g/mol. The zero-order valence-electron chi connectivity index (χ0n) is 48.7. The molecule has 4 amide bonds. The average Bonchev–Trinajstić information content (AvgIpc) is 1.91. The molecular weight excluding hydrogens is 1290 g/mol. The van der Waals surface area contributed by atoms with Crippen molar-refractivity contribution in [3.05, 3.63) is 132 Å². The van der Waals surface area contributed by atoms with Gasteiger partial charge in [0.2, 0.25) is 0 Å². The van der Waals surface area contributed by atoms with Gasteiger partial charge in [-0.2, -0.15) is 0 Å². The van der Waals surface area contributed by atoms with Gasteiger partial charge in [0.25, 0.3) is 0 Å². The molecule has 2 saturated carbocycles. The molecule has 2 aromatic heterocycles. The van der Waals surface area contributed by atoms with E-state index in [9.17, 15) is 47.8 Å². The molecule has 28 heteroatoms. The number of carboxylic acid groups (broad SMARTS) is 2. The molecule has 4 N–H and O–H groups in total. The van der Waals surface area contributed by atoms with E-state index in [1.807, 2.05) is 25.5 Å². The minimum Gasteiger partial charge on any atom is -0.481 e. The molecule has 8 atom stereocenters. The van der Waals surface area contributed by atoms with Gasteiger partial charge in [-0.05, 0) is 70.9 Å². The first-order valence-corrected chi connectivity index (χ1v) is 32.7. The minimum atomic E-state index is -0.933. The van der Waals surface area contributed by atoms with Crippen LogP contribution in [0, 0.1) is 30.9 Å². The van der Waals surface area contributed by atoms with E-state index >= 15 is 0 Å². The first kappa shape index (κ1) is 65.9. The Labute approximate surface area is 535 Å². The molecule has 0 radical (unpaired) electrons. The third kappa shape index (κ3) is 13.9. The number of ether oxygens (including phenoxy) is 2. The van der Waals surface area contributed by atoms with Crippen LogP contribution in [0.1, 0.15) is 105 Å². The summed E-state index contributed by atoms with van der Waals surface area (Å²) in [5, 5.41) is 30.4. The summed E-state index contributed by atoms with van der Waals surface area (Å²) >= 11 is 18.8. The number of carbonyl (C=O) groups excluding carboxylic acids is 4. The van der Waals surface area contributed by atoms with E-state index < -0.39 is 53.5 Å². The Kier molecular flexibility index (Phi) is 22.0. The Bertz CT molecular complexity index is 3380. The molecule has 4 aromatic rings. The molecule has 6 aliphatic heterocycles. The number of halogens is 5. The van der Waals surface area contributed by atoms with Crippen molar-refractivity contribution in [2.24, 2.45) is 21.8 Å². The lowest BCUT2D eigenvalue weighted by Gasteiger charge is -2.38. The summed E-state index contributed by atoms with van der Waals surface area (Å²) in [6, 6.07) is 6.96. The predicted octanol–water partition coefficient (Wildman–Crippen LogP) is 9.74. The number of hydrogen-bond donors (Lipinski definition) is 4. The van der Waals surface area contributed by atoms with Crippen LogP contribution in [0.3, 0.4) is 0 Å². The molecule has 12 rings (SSSR count). The van der Waals surface area contributed by atoms with E-state index in [0.717, 1.165) is 45.2 Å². The number of thiazole rings is 2. The van der Waals surface area contributed by atoms with Gasteiger partial charge in [-0.1, -0.05) is 76.2 Å². The smallest absolute Gasteiger partial charge is 0.338 e. The van der Waals surface area contributed by atoms with Crippen LogP contribution >= 0.6 is 61.8 Å². The van der Waals surface area contributed by atoms with Crippen LogP contribution in [-0.2, 0) is 28.7 Å². The Morgan fingerprint density at radius 1 is 0.648 bits per heavy atom. The van der Waals surface area contributed by atoms with Crippen molar-refractivity contribution in [1.82, 2.24) is 45.1 Å². The first-order valence-electron chi connectivity index (χ1n) is 29.1. The van der Waals surface area contributed by atoms with E-state index in [1.54, 1.807) is 43.3 Å². The molecule has 21 nitrogen and oxygen atoms in total. The first-order chi connectivity index (χ1) is 42.0. The lowest BCUT2D eigenvalue weighted by atomic mass is 9.95. The molecule has 4 saturated heterocycles. The fourth-order valence-electron chi connectivity index (χ4n) is 13.0. The number of rotatable bonds is 15. The molecule has 2 aliphatic carbocycles. The number of urea groups is 2. The second-order valence-corrected chi connectivity index (χ2v) is 25.1. The third-order valence-electron chi connectivity index (χ3n) is 17.0. The van der Waals surface area contributed by atoms with Crippen LogP contribution in [-0.4, -0.2) is 181 Å². The number of amidine groups is 2. The van der Waals surface area contributed by atoms with Gasteiger partial charge in [0.05, 0.1) is 58.3 Å². The van der Waals surface area contributed by atoms with Crippen molar-refractivity contribution >= 4 is 109 Å². The summed E-state index contributed by atoms with van der Waals surface area (Å²) in [7, 11) is 0. The van der Waals surface area contributed by atoms with Crippen molar-refractivity contribution in [1.29, 1.82) is 0 Å². The number of piperidine rings is 1. The molecule has 0 bridgehead atoms. The summed E-state index contributed by atoms with van der Waals surface area (Å²) in [4.78, 5) is 102. The van der Waals surface area contributed by atoms with Gasteiger partial charge in [0, 0.05) is 109 Å². The maximum atomic E-state index is 14.6. The van der Waals surface area contributed by atoms with Crippen LogP contribution in [0.2, 0.25) is 10.0 Å². The SMILES string of the molecule is CCOC(=O)C1=C(CBr)NC(c2nccs2)=N[C@H]1c1cccc(F)c1Cl.CCOC(=O)C1=C(CN2CCN3C(=O)N([C@@H]4CCC[C@@H]4C(=O)O)C[C@@H]3C2)NC(c2nccs2)=N[C@H]1c1cccc(F)c1Cl.O=C(O)[C@H]1CCC[C@H]1N1C[C@@H]2CCCCN2C1=O.[CH3-]. The summed E-state index contributed by atoms with van der Waals surface area (Å²) in [6.07, 6.45) is 11.2. The van der Waals surface area contributed by atoms with E-state index in [0.29, 0.717) is 108 Å². The minimum absolute atomic E-state index is 0. The van der Waals surface area contributed by atoms with Crippen LogP contribution in [0.15, 0.2) is 92.1 Å². The van der Waals surface area contributed by atoms with E-state index in [-0.39, 0.29) is 77.9 Å². The number of aliphatic carboxylic acids is 2. The van der Waals surface area contributed by atoms with Crippen molar-refractivity contribution in [2.75, 3.05) is 64.4 Å². The lowest BCUT2D eigenvalue weighted by molar-refractivity contribution is -0.144. The number of benzene rings is 2. The highest BCUT2D eigenvalue weighted by Crippen LogP contribution is 2.41. The number of amides is 4. The van der Waals surface area contributed by atoms with Crippen molar-refractivity contribution in [3.63, 3.8) is 0 Å². The second-order valence-electron chi connectivity index (χ2n) is 22.0. The van der Waals surface area contributed by atoms with Gasteiger partial charge in [0.15, 0.2) is 21.7 Å². The molecule has 8 aliphatic rings. The second kappa shape index (κ2) is 29.4.